The van der Waals surface area contributed by atoms with Crippen LogP contribution in [0.4, 0.5) is 0 Å². The monoisotopic (exact) mass is 894 g/mol. The van der Waals surface area contributed by atoms with E-state index >= 15 is 0 Å². The molecular formula is C45H62N6O7S3. The molecule has 13 nitrogen and oxygen atoms in total. The first-order chi connectivity index (χ1) is 27.8. The maximum atomic E-state index is 14.5. The number of phenolic OH excluding ortho intramolecular Hbond substituents is 1. The molecule has 0 radical (unpaired) electrons. The molecule has 0 saturated carbocycles. The Kier molecular flexibility index (Phi) is 16.8. The summed E-state index contributed by atoms with van der Waals surface area (Å²) < 4.78 is 14.0. The highest BCUT2D eigenvalue weighted by Gasteiger charge is 2.39. The molecule has 6 bridgehead atoms. The van der Waals surface area contributed by atoms with Gasteiger partial charge in [0.1, 0.15) is 23.9 Å². The van der Waals surface area contributed by atoms with Crippen molar-refractivity contribution in [2.24, 2.45) is 11.3 Å². The van der Waals surface area contributed by atoms with Crippen molar-refractivity contribution >= 4 is 75.1 Å². The topological polar surface area (TPSA) is 155 Å². The number of aromatic hydroxyl groups is 1. The number of benzene rings is 2. The van der Waals surface area contributed by atoms with Crippen LogP contribution in [0.15, 0.2) is 54.9 Å². The van der Waals surface area contributed by atoms with Crippen LogP contribution < -0.4 is 10.7 Å². The van der Waals surface area contributed by atoms with Crippen LogP contribution in [-0.2, 0) is 54.6 Å². The molecule has 5 heterocycles. The Bertz CT molecular complexity index is 2230. The Balaban J connectivity index is 0.00000273. The second kappa shape index (κ2) is 20.8. The van der Waals surface area contributed by atoms with Crippen molar-refractivity contribution in [2.75, 3.05) is 26.8 Å². The largest absolute Gasteiger partial charge is 0.508 e. The van der Waals surface area contributed by atoms with Crippen LogP contribution >= 0.6 is 40.5 Å². The number of carbonyl (C=O) groups is 4. The highest BCUT2D eigenvalue weighted by molar-refractivity contribution is 7.59. The van der Waals surface area contributed by atoms with E-state index in [4.69, 9.17) is 9.47 Å². The molecule has 4 aromatic rings. The second-order valence-electron chi connectivity index (χ2n) is 17.1. The molecule has 7 rings (SSSR count). The lowest BCUT2D eigenvalue weighted by Gasteiger charge is -2.36. The number of pyridine rings is 1. The molecule has 3 N–H and O–H groups in total. The minimum atomic E-state index is -1.07. The van der Waals surface area contributed by atoms with Gasteiger partial charge in [0.25, 0.3) is 5.91 Å². The van der Waals surface area contributed by atoms with E-state index in [9.17, 15) is 24.3 Å². The number of amides is 3. The van der Waals surface area contributed by atoms with Crippen molar-refractivity contribution in [1.29, 1.82) is 0 Å². The quantitative estimate of drug-likeness (QED) is 0.184. The number of nitrogens with one attached hydrogen (secondary N) is 2. The summed E-state index contributed by atoms with van der Waals surface area (Å²) in [6.07, 6.45) is 6.36. The normalized spacial score (nSPS) is 19.6. The second-order valence-corrected chi connectivity index (χ2v) is 17.1. The lowest BCUT2D eigenvalue weighted by molar-refractivity contribution is -0.155. The van der Waals surface area contributed by atoms with Gasteiger partial charge >= 0.3 is 5.97 Å². The number of aryl methyl sites for hydroxylation is 1. The van der Waals surface area contributed by atoms with E-state index < -0.39 is 41.3 Å². The van der Waals surface area contributed by atoms with Crippen LogP contribution in [0, 0.1) is 11.3 Å². The van der Waals surface area contributed by atoms with Crippen LogP contribution in [0.5, 0.6) is 5.75 Å². The van der Waals surface area contributed by atoms with Crippen molar-refractivity contribution in [2.45, 2.75) is 104 Å². The number of fused-ring (bicyclic) bond motifs is 6. The maximum absolute atomic E-state index is 14.5. The average molecular weight is 895 g/mol. The smallest absolute Gasteiger partial charge is 0.324 e. The molecule has 2 saturated heterocycles. The molecule has 2 fully saturated rings. The fourth-order valence-electron chi connectivity index (χ4n) is 8.96. The van der Waals surface area contributed by atoms with Crippen LogP contribution in [-0.4, -0.2) is 93.2 Å². The SMILES string of the molecule is CCn1c(-c2cnccc2COC)c2c3cc(ccc31)-c1cc(O)cc(c1)C[C@H](NC(=O)[C@H](C(C)C)N1CCCC1=O)C(=O)N1CCC[C@H](N1)C(=O)OCC(C)(C)C2.S.S.S. The first-order valence-corrected chi connectivity index (χ1v) is 20.5. The van der Waals surface area contributed by atoms with Gasteiger partial charge in [0.15, 0.2) is 0 Å². The fraction of sp³-hybridized carbons (Fsp3) is 0.489. The number of esters is 1. The first kappa shape index (κ1) is 49.4. The van der Waals surface area contributed by atoms with Crippen molar-refractivity contribution in [3.63, 3.8) is 0 Å². The van der Waals surface area contributed by atoms with Gasteiger partial charge in [-0.15, -0.1) is 0 Å². The van der Waals surface area contributed by atoms with E-state index in [1.807, 2.05) is 38.2 Å². The van der Waals surface area contributed by atoms with Gasteiger partial charge in [-0.2, -0.15) is 40.5 Å². The van der Waals surface area contributed by atoms with Gasteiger partial charge in [-0.1, -0.05) is 39.8 Å². The average Bonchev–Trinajstić information content (AvgIpc) is 3.75. The number of nitrogens with zero attached hydrogens (tertiary/aromatic N) is 4. The third-order valence-corrected chi connectivity index (χ3v) is 11.7. The van der Waals surface area contributed by atoms with Crippen LogP contribution in [0.2, 0.25) is 0 Å². The molecule has 0 unspecified atom stereocenters. The lowest BCUT2D eigenvalue weighted by Crippen LogP contribution is -2.62. The Labute approximate surface area is 379 Å². The standard InChI is InChI=1S/C45H56N6O7.3H2S/c1-7-49-38-13-12-29-22-33(38)34(41(49)35-24-46-15-14-30(35)25-57-6)23-45(4,5)26-58-44(56)36-10-8-17-51(48-36)43(55)37(20-28-18-31(29)21-32(52)19-28)47-42(54)40(27(2)3)50-16-9-11-39(50)53;;;/h12-15,18-19,21-22,24,27,36-37,40,48,52H,7-11,16-17,20,23,25-26H2,1-6H3,(H,47,54);3*1H2/t36-,37-,40-;;;/m0.../s1. The maximum Gasteiger partial charge on any atom is 0.324 e. The lowest BCUT2D eigenvalue weighted by atomic mass is 9.84. The zero-order chi connectivity index (χ0) is 41.3. The van der Waals surface area contributed by atoms with Gasteiger partial charge in [0.05, 0.1) is 18.9 Å². The minimum Gasteiger partial charge on any atom is -0.508 e. The van der Waals surface area contributed by atoms with Crippen molar-refractivity contribution < 1.29 is 33.8 Å². The number of rotatable bonds is 8. The zero-order valence-corrected chi connectivity index (χ0v) is 39.0. The van der Waals surface area contributed by atoms with E-state index in [-0.39, 0.29) is 71.1 Å². The Morgan fingerprint density at radius 2 is 1.82 bits per heavy atom. The molecule has 0 aliphatic carbocycles. The molecule has 2 aromatic carbocycles. The van der Waals surface area contributed by atoms with Gasteiger partial charge in [-0.25, -0.2) is 5.43 Å². The van der Waals surface area contributed by atoms with Gasteiger partial charge in [0.2, 0.25) is 11.8 Å². The summed E-state index contributed by atoms with van der Waals surface area (Å²) in [6.45, 7) is 12.1. The van der Waals surface area contributed by atoms with Crippen molar-refractivity contribution in [3.8, 4) is 28.1 Å². The molecule has 3 aliphatic rings. The number of hydrogen-bond donors (Lipinski definition) is 3. The van der Waals surface area contributed by atoms with E-state index in [0.717, 1.165) is 44.4 Å². The zero-order valence-electron chi connectivity index (χ0n) is 36.0. The van der Waals surface area contributed by atoms with Gasteiger partial charge in [-0.05, 0) is 96.7 Å². The highest BCUT2D eigenvalue weighted by atomic mass is 32.1. The summed E-state index contributed by atoms with van der Waals surface area (Å²) in [5, 5.41) is 16.6. The van der Waals surface area contributed by atoms with E-state index in [1.165, 1.54) is 5.01 Å². The number of likely N-dealkylation sites (tertiary alicyclic amines) is 1. The van der Waals surface area contributed by atoms with Crippen LogP contribution in [0.1, 0.15) is 77.0 Å². The van der Waals surface area contributed by atoms with Crippen molar-refractivity contribution in [3.05, 3.63) is 71.5 Å². The number of phenols is 1. The summed E-state index contributed by atoms with van der Waals surface area (Å²) in [4.78, 5) is 61.3. The van der Waals surface area contributed by atoms with E-state index in [1.54, 1.807) is 30.3 Å². The van der Waals surface area contributed by atoms with Gasteiger partial charge < -0.3 is 29.4 Å². The first-order valence-electron chi connectivity index (χ1n) is 20.5. The predicted octanol–water partition coefficient (Wildman–Crippen LogP) is 5.88. The van der Waals surface area contributed by atoms with Crippen LogP contribution in [0.25, 0.3) is 33.3 Å². The van der Waals surface area contributed by atoms with Gasteiger partial charge in [-0.3, -0.25) is 29.2 Å². The number of cyclic esters (lactones) is 1. The minimum absolute atomic E-state index is 0. The summed E-state index contributed by atoms with van der Waals surface area (Å²) in [5.41, 5.74) is 9.96. The number of aromatic nitrogens is 2. The molecule has 2 aromatic heterocycles. The number of ether oxygens (including phenoxy) is 2. The molecule has 61 heavy (non-hydrogen) atoms. The Morgan fingerprint density at radius 3 is 2.51 bits per heavy atom. The summed E-state index contributed by atoms with van der Waals surface area (Å²) in [5.74, 6) is -1.55. The molecule has 3 atom stereocenters. The number of hydrazine groups is 1. The third-order valence-electron chi connectivity index (χ3n) is 11.7. The Hall–Kier alpha value is -4.22. The summed E-state index contributed by atoms with van der Waals surface area (Å²) in [7, 11) is 1.68. The molecule has 0 spiro atoms. The Morgan fingerprint density at radius 1 is 1.05 bits per heavy atom. The fourth-order valence-corrected chi connectivity index (χ4v) is 8.96. The van der Waals surface area contributed by atoms with Gasteiger partial charge in [0, 0.05) is 73.9 Å². The third kappa shape index (κ3) is 10.5. The predicted molar refractivity (Wildman–Crippen MR) is 251 cm³/mol. The van der Waals surface area contributed by atoms with Crippen LogP contribution in [0.3, 0.4) is 0 Å². The van der Waals surface area contributed by atoms with E-state index in [0.29, 0.717) is 63.9 Å². The van der Waals surface area contributed by atoms with Crippen molar-refractivity contribution in [1.82, 2.24) is 30.2 Å². The summed E-state index contributed by atoms with van der Waals surface area (Å²) >= 11 is 0. The number of methoxy groups -OCH3 is 1. The molecular weight excluding hydrogens is 833 g/mol. The number of carbonyl (C=O) groups excluding carboxylic acids is 4. The molecule has 3 aliphatic heterocycles. The van der Waals surface area contributed by atoms with E-state index in [2.05, 4.69) is 53.2 Å². The highest BCUT2D eigenvalue weighted by Crippen LogP contribution is 2.41. The summed E-state index contributed by atoms with van der Waals surface area (Å²) in [6, 6.07) is 10.9. The molecule has 332 valence electrons. The molecule has 3 amide bonds. The molecule has 16 heteroatoms. The number of hydrogen-bond acceptors (Lipinski definition) is 9.